The quantitative estimate of drug-likeness (QED) is 0.901. The number of ether oxygens (including phenoxy) is 1. The molecule has 1 N–H and O–H groups in total. The second-order valence-corrected chi connectivity index (χ2v) is 6.68. The van der Waals surface area contributed by atoms with Crippen molar-refractivity contribution in [3.8, 4) is 0 Å². The van der Waals surface area contributed by atoms with E-state index < -0.39 is 0 Å². The smallest absolute Gasteiger partial charge is 0.0589 e. The number of methoxy groups -OCH3 is 1. The summed E-state index contributed by atoms with van der Waals surface area (Å²) in [6.07, 6.45) is 6.58. The molecule has 1 aromatic carbocycles. The summed E-state index contributed by atoms with van der Waals surface area (Å²) in [5, 5.41) is 3.89. The molecular formula is C18H28N2O. The van der Waals surface area contributed by atoms with Crippen molar-refractivity contribution in [3.63, 3.8) is 0 Å². The molecule has 0 amide bonds. The summed E-state index contributed by atoms with van der Waals surface area (Å²) in [5.74, 6) is 0. The molecule has 3 heteroatoms. The van der Waals surface area contributed by atoms with Crippen LogP contribution in [0.25, 0.3) is 0 Å². The number of nitrogens with zero attached hydrogens (tertiary/aromatic N) is 1. The lowest BCUT2D eigenvalue weighted by Crippen LogP contribution is -2.64. The van der Waals surface area contributed by atoms with E-state index in [9.17, 15) is 0 Å². The molecule has 3 nitrogen and oxygen atoms in total. The van der Waals surface area contributed by atoms with Gasteiger partial charge in [-0.3, -0.25) is 4.90 Å². The fraction of sp³-hybridized carbons (Fsp3) is 0.667. The normalized spacial score (nSPS) is 25.5. The molecule has 1 saturated heterocycles. The van der Waals surface area contributed by atoms with Gasteiger partial charge in [0.15, 0.2) is 0 Å². The summed E-state index contributed by atoms with van der Waals surface area (Å²) in [6, 6.07) is 11.5. The molecule has 0 bridgehead atoms. The molecule has 1 spiro atoms. The van der Waals surface area contributed by atoms with Gasteiger partial charge in [-0.15, -0.1) is 0 Å². The summed E-state index contributed by atoms with van der Waals surface area (Å²) >= 11 is 0. The molecule has 21 heavy (non-hydrogen) atoms. The minimum atomic E-state index is 0.390. The first-order chi connectivity index (χ1) is 10.3. The predicted octanol–water partition coefficient (Wildman–Crippen LogP) is 2.46. The Labute approximate surface area is 128 Å². The van der Waals surface area contributed by atoms with Crippen LogP contribution in [0.1, 0.15) is 31.2 Å². The van der Waals surface area contributed by atoms with Crippen LogP contribution in [0.3, 0.4) is 0 Å². The monoisotopic (exact) mass is 288 g/mol. The zero-order valence-electron chi connectivity index (χ0n) is 13.2. The lowest BCUT2D eigenvalue weighted by Gasteiger charge is -2.46. The van der Waals surface area contributed by atoms with Gasteiger partial charge in [0.05, 0.1) is 6.61 Å². The highest BCUT2D eigenvalue weighted by molar-refractivity contribution is 5.17. The van der Waals surface area contributed by atoms with Gasteiger partial charge in [0.1, 0.15) is 0 Å². The molecule has 1 aliphatic carbocycles. The Morgan fingerprint density at radius 1 is 1.24 bits per heavy atom. The van der Waals surface area contributed by atoms with Crippen LogP contribution in [-0.2, 0) is 11.2 Å². The average Bonchev–Trinajstić information content (AvgIpc) is 2.97. The zero-order chi connectivity index (χ0) is 14.5. The Balaban J connectivity index is 1.66. The molecule has 1 heterocycles. The van der Waals surface area contributed by atoms with E-state index in [0.717, 1.165) is 26.1 Å². The topological polar surface area (TPSA) is 24.5 Å². The summed E-state index contributed by atoms with van der Waals surface area (Å²) in [5.41, 5.74) is 1.83. The van der Waals surface area contributed by atoms with Crippen molar-refractivity contribution in [2.75, 3.05) is 33.4 Å². The maximum atomic E-state index is 5.33. The van der Waals surface area contributed by atoms with Gasteiger partial charge in [0.2, 0.25) is 0 Å². The van der Waals surface area contributed by atoms with Gasteiger partial charge in [-0.2, -0.15) is 0 Å². The van der Waals surface area contributed by atoms with E-state index in [4.69, 9.17) is 4.74 Å². The van der Waals surface area contributed by atoms with E-state index in [0.29, 0.717) is 11.6 Å². The SMILES string of the molecule is COCCN1CC2(CCCC2)NCC1Cc1ccccc1. The third kappa shape index (κ3) is 3.65. The maximum absolute atomic E-state index is 5.33. The highest BCUT2D eigenvalue weighted by Crippen LogP contribution is 2.33. The second kappa shape index (κ2) is 6.91. The van der Waals surface area contributed by atoms with Crippen molar-refractivity contribution >= 4 is 0 Å². The zero-order valence-corrected chi connectivity index (χ0v) is 13.2. The molecule has 1 atom stereocenters. The molecule has 116 valence electrons. The standard InChI is InChI=1S/C18H28N2O/c1-21-12-11-20-15-18(9-5-6-10-18)19-14-17(20)13-16-7-3-2-4-8-16/h2-4,7-8,17,19H,5-6,9-15H2,1H3. The Bertz CT molecular complexity index is 428. The third-order valence-corrected chi connectivity index (χ3v) is 5.19. The summed E-state index contributed by atoms with van der Waals surface area (Å²) in [6.45, 7) is 4.19. The lowest BCUT2D eigenvalue weighted by molar-refractivity contribution is 0.0543. The van der Waals surface area contributed by atoms with Gasteiger partial charge in [-0.25, -0.2) is 0 Å². The molecule has 0 aromatic heterocycles. The molecule has 2 fully saturated rings. The van der Waals surface area contributed by atoms with Gasteiger partial charge in [0, 0.05) is 38.3 Å². The number of hydrogen-bond acceptors (Lipinski definition) is 3. The van der Waals surface area contributed by atoms with Crippen molar-refractivity contribution in [2.24, 2.45) is 0 Å². The maximum Gasteiger partial charge on any atom is 0.0589 e. The number of rotatable bonds is 5. The predicted molar refractivity (Wildman–Crippen MR) is 86.6 cm³/mol. The van der Waals surface area contributed by atoms with Crippen molar-refractivity contribution < 1.29 is 4.74 Å². The lowest BCUT2D eigenvalue weighted by atomic mass is 9.90. The first-order valence-electron chi connectivity index (χ1n) is 8.33. The average molecular weight is 288 g/mol. The van der Waals surface area contributed by atoms with Crippen LogP contribution in [0, 0.1) is 0 Å². The van der Waals surface area contributed by atoms with E-state index in [1.54, 1.807) is 7.11 Å². The summed E-state index contributed by atoms with van der Waals surface area (Å²) in [7, 11) is 1.81. The van der Waals surface area contributed by atoms with Crippen LogP contribution >= 0.6 is 0 Å². The molecule has 3 rings (SSSR count). The number of piperazine rings is 1. The largest absolute Gasteiger partial charge is 0.383 e. The van der Waals surface area contributed by atoms with E-state index >= 15 is 0 Å². The Morgan fingerprint density at radius 2 is 2.00 bits per heavy atom. The third-order valence-electron chi connectivity index (χ3n) is 5.19. The first-order valence-corrected chi connectivity index (χ1v) is 8.33. The van der Waals surface area contributed by atoms with Gasteiger partial charge in [-0.1, -0.05) is 43.2 Å². The minimum absolute atomic E-state index is 0.390. The minimum Gasteiger partial charge on any atom is -0.383 e. The van der Waals surface area contributed by atoms with Crippen LogP contribution in [0.5, 0.6) is 0 Å². The fourth-order valence-corrected chi connectivity index (χ4v) is 3.98. The highest BCUT2D eigenvalue weighted by Gasteiger charge is 2.40. The van der Waals surface area contributed by atoms with Gasteiger partial charge < -0.3 is 10.1 Å². The Hall–Kier alpha value is -0.900. The van der Waals surface area contributed by atoms with Gasteiger partial charge in [-0.05, 0) is 24.8 Å². The molecule has 0 radical (unpaired) electrons. The summed E-state index contributed by atoms with van der Waals surface area (Å²) < 4.78 is 5.33. The summed E-state index contributed by atoms with van der Waals surface area (Å²) in [4.78, 5) is 2.66. The number of nitrogens with one attached hydrogen (secondary N) is 1. The molecule has 2 aliphatic rings. The Kier molecular flexibility index (Phi) is 4.94. The fourth-order valence-electron chi connectivity index (χ4n) is 3.98. The molecule has 1 aromatic rings. The second-order valence-electron chi connectivity index (χ2n) is 6.68. The van der Waals surface area contributed by atoms with E-state index in [2.05, 4.69) is 40.5 Å². The van der Waals surface area contributed by atoms with Crippen LogP contribution in [0.15, 0.2) is 30.3 Å². The van der Waals surface area contributed by atoms with Gasteiger partial charge >= 0.3 is 0 Å². The molecule has 1 unspecified atom stereocenters. The van der Waals surface area contributed by atoms with E-state index in [1.807, 2.05) is 0 Å². The molecular weight excluding hydrogens is 260 g/mol. The van der Waals surface area contributed by atoms with Crippen molar-refractivity contribution in [1.82, 2.24) is 10.2 Å². The first kappa shape index (κ1) is 15.0. The van der Waals surface area contributed by atoms with Crippen molar-refractivity contribution in [1.29, 1.82) is 0 Å². The van der Waals surface area contributed by atoms with E-state index in [-0.39, 0.29) is 0 Å². The Morgan fingerprint density at radius 3 is 2.71 bits per heavy atom. The van der Waals surface area contributed by atoms with Gasteiger partial charge in [0.25, 0.3) is 0 Å². The van der Waals surface area contributed by atoms with Crippen LogP contribution in [0.2, 0.25) is 0 Å². The van der Waals surface area contributed by atoms with Crippen LogP contribution < -0.4 is 5.32 Å². The molecule has 1 saturated carbocycles. The van der Waals surface area contributed by atoms with Crippen molar-refractivity contribution in [2.45, 2.75) is 43.7 Å². The van der Waals surface area contributed by atoms with Crippen LogP contribution in [0.4, 0.5) is 0 Å². The highest BCUT2D eigenvalue weighted by atomic mass is 16.5. The number of benzene rings is 1. The van der Waals surface area contributed by atoms with Crippen molar-refractivity contribution in [3.05, 3.63) is 35.9 Å². The molecule has 1 aliphatic heterocycles. The number of hydrogen-bond donors (Lipinski definition) is 1. The van der Waals surface area contributed by atoms with E-state index in [1.165, 1.54) is 37.8 Å². The van der Waals surface area contributed by atoms with Crippen LogP contribution in [-0.4, -0.2) is 49.8 Å².